The van der Waals surface area contributed by atoms with E-state index in [0.717, 1.165) is 30.8 Å². The lowest BCUT2D eigenvalue weighted by Gasteiger charge is -2.56. The van der Waals surface area contributed by atoms with Gasteiger partial charge in [0.1, 0.15) is 6.54 Å². The van der Waals surface area contributed by atoms with E-state index in [-0.39, 0.29) is 5.91 Å². The second kappa shape index (κ2) is 6.21. The van der Waals surface area contributed by atoms with E-state index in [0.29, 0.717) is 12.0 Å². The Balaban J connectivity index is 1.26. The number of likely N-dealkylation sites (N-methyl/N-ethyl adjacent to an activating group) is 1. The van der Waals surface area contributed by atoms with Crippen LogP contribution in [0.15, 0.2) is 17.5 Å². The van der Waals surface area contributed by atoms with Gasteiger partial charge >= 0.3 is 0 Å². The molecule has 2 N–H and O–H groups in total. The Bertz CT molecular complexity index is 518. The summed E-state index contributed by atoms with van der Waals surface area (Å²) in [7, 11) is 2.12. The molecule has 3 nitrogen and oxygen atoms in total. The topological polar surface area (TPSA) is 33.5 Å². The van der Waals surface area contributed by atoms with Crippen LogP contribution < -0.4 is 10.2 Å². The summed E-state index contributed by atoms with van der Waals surface area (Å²) in [5.74, 6) is 3.12. The molecule has 0 saturated heterocycles. The molecule has 4 fully saturated rings. The SMILES string of the molecule is C[NH+](CC(=O)NCC12CC3CC(CC(C3)C1)C2)Cc1cccs1. The first-order chi connectivity index (χ1) is 11.1. The summed E-state index contributed by atoms with van der Waals surface area (Å²) < 4.78 is 0. The largest absolute Gasteiger partial charge is 0.351 e. The molecule has 0 spiro atoms. The van der Waals surface area contributed by atoms with E-state index in [4.69, 9.17) is 0 Å². The van der Waals surface area contributed by atoms with Crippen LogP contribution >= 0.6 is 11.3 Å². The Hall–Kier alpha value is -0.870. The minimum Gasteiger partial charge on any atom is -0.351 e. The Morgan fingerprint density at radius 2 is 1.91 bits per heavy atom. The summed E-state index contributed by atoms with van der Waals surface area (Å²) in [5.41, 5.74) is 0.450. The molecular weight excluding hydrogens is 304 g/mol. The van der Waals surface area contributed by atoms with Crippen LogP contribution in [-0.2, 0) is 11.3 Å². The quantitative estimate of drug-likeness (QED) is 0.821. The zero-order valence-corrected chi connectivity index (χ0v) is 15.0. The summed E-state index contributed by atoms with van der Waals surface area (Å²) in [6.45, 7) is 2.47. The van der Waals surface area contributed by atoms with Crippen LogP contribution in [0.5, 0.6) is 0 Å². The zero-order chi connectivity index (χ0) is 15.9. The van der Waals surface area contributed by atoms with E-state index in [2.05, 4.69) is 29.9 Å². The molecule has 0 radical (unpaired) electrons. The number of thiophene rings is 1. The normalized spacial score (nSPS) is 36.1. The maximum absolute atomic E-state index is 12.3. The van der Waals surface area contributed by atoms with Gasteiger partial charge in [0.2, 0.25) is 0 Å². The van der Waals surface area contributed by atoms with Crippen LogP contribution in [0.25, 0.3) is 0 Å². The van der Waals surface area contributed by atoms with E-state index in [9.17, 15) is 4.79 Å². The molecule has 0 aromatic carbocycles. The van der Waals surface area contributed by atoms with Crippen LogP contribution in [-0.4, -0.2) is 26.0 Å². The number of carbonyl (C=O) groups excluding carboxylic acids is 1. The third-order valence-corrected chi connectivity index (χ3v) is 7.22. The molecule has 23 heavy (non-hydrogen) atoms. The molecule has 1 aromatic rings. The van der Waals surface area contributed by atoms with Crippen molar-refractivity contribution in [2.45, 2.75) is 45.1 Å². The standard InChI is InChI=1S/C19H28N2OS/c1-21(11-17-3-2-4-23-17)12-18(22)20-13-19-8-14-5-15(9-19)7-16(6-14)10-19/h2-4,14-16H,5-13H2,1H3,(H,20,22)/p+1. The molecular formula is C19H29N2OS+. The molecule has 1 unspecified atom stereocenters. The van der Waals surface area contributed by atoms with Crippen molar-refractivity contribution in [3.05, 3.63) is 22.4 Å². The average Bonchev–Trinajstić information content (AvgIpc) is 2.96. The molecule has 5 rings (SSSR count). The van der Waals surface area contributed by atoms with E-state index in [1.54, 1.807) is 11.3 Å². The Morgan fingerprint density at radius 3 is 2.48 bits per heavy atom. The van der Waals surface area contributed by atoms with Gasteiger partial charge < -0.3 is 10.2 Å². The molecule has 1 atom stereocenters. The van der Waals surface area contributed by atoms with E-state index in [1.807, 2.05) is 0 Å². The highest BCUT2D eigenvalue weighted by molar-refractivity contribution is 7.09. The lowest BCUT2D eigenvalue weighted by Crippen LogP contribution is -3.08. The molecule has 1 amide bonds. The maximum atomic E-state index is 12.3. The van der Waals surface area contributed by atoms with Gasteiger partial charge in [-0.2, -0.15) is 0 Å². The molecule has 1 aromatic heterocycles. The highest BCUT2D eigenvalue weighted by Gasteiger charge is 2.50. The number of hydrogen-bond donors (Lipinski definition) is 2. The summed E-state index contributed by atoms with van der Waals surface area (Å²) in [5, 5.41) is 5.40. The van der Waals surface area contributed by atoms with Crippen molar-refractivity contribution in [3.63, 3.8) is 0 Å². The Morgan fingerprint density at radius 1 is 1.26 bits per heavy atom. The molecule has 126 valence electrons. The highest BCUT2D eigenvalue weighted by atomic mass is 32.1. The van der Waals surface area contributed by atoms with Crippen LogP contribution in [0.1, 0.15) is 43.4 Å². The number of carbonyl (C=O) groups is 1. The molecule has 4 saturated carbocycles. The van der Waals surface area contributed by atoms with E-state index >= 15 is 0 Å². The Kier molecular flexibility index (Phi) is 4.22. The first-order valence-corrected chi connectivity index (χ1v) is 10.1. The second-order valence-electron chi connectivity index (χ2n) is 8.58. The summed E-state index contributed by atoms with van der Waals surface area (Å²) in [6, 6.07) is 4.24. The van der Waals surface area contributed by atoms with Crippen molar-refractivity contribution in [2.24, 2.45) is 23.2 Å². The van der Waals surface area contributed by atoms with Gasteiger partial charge in [0.15, 0.2) is 6.54 Å². The molecule has 1 heterocycles. The average molecular weight is 334 g/mol. The van der Waals surface area contributed by atoms with Gasteiger partial charge in [-0.1, -0.05) is 6.07 Å². The van der Waals surface area contributed by atoms with Crippen molar-refractivity contribution in [1.29, 1.82) is 0 Å². The molecule has 4 heteroatoms. The van der Waals surface area contributed by atoms with Gasteiger partial charge in [0.25, 0.3) is 5.91 Å². The number of amides is 1. The van der Waals surface area contributed by atoms with Crippen molar-refractivity contribution in [1.82, 2.24) is 5.32 Å². The lowest BCUT2D eigenvalue weighted by molar-refractivity contribution is -0.885. The molecule has 4 aliphatic rings. The van der Waals surface area contributed by atoms with Gasteiger partial charge in [0, 0.05) is 6.54 Å². The third-order valence-electron chi connectivity index (χ3n) is 6.34. The number of quaternary nitrogens is 1. The minimum atomic E-state index is 0.231. The number of nitrogens with one attached hydrogen (secondary N) is 2. The maximum Gasteiger partial charge on any atom is 0.275 e. The monoisotopic (exact) mass is 333 g/mol. The highest BCUT2D eigenvalue weighted by Crippen LogP contribution is 2.59. The first-order valence-electron chi connectivity index (χ1n) is 9.21. The van der Waals surface area contributed by atoms with Crippen LogP contribution in [0.3, 0.4) is 0 Å². The van der Waals surface area contributed by atoms with Gasteiger partial charge in [-0.05, 0) is 73.1 Å². The van der Waals surface area contributed by atoms with Gasteiger partial charge in [-0.25, -0.2) is 0 Å². The van der Waals surface area contributed by atoms with Gasteiger partial charge in [-0.3, -0.25) is 4.79 Å². The number of hydrogen-bond acceptors (Lipinski definition) is 2. The summed E-state index contributed by atoms with van der Waals surface area (Å²) in [6.07, 6.45) is 8.54. The first kappa shape index (κ1) is 15.6. The summed E-state index contributed by atoms with van der Waals surface area (Å²) >= 11 is 1.78. The van der Waals surface area contributed by atoms with Crippen LogP contribution in [0.4, 0.5) is 0 Å². The lowest BCUT2D eigenvalue weighted by atomic mass is 9.49. The summed E-state index contributed by atoms with van der Waals surface area (Å²) in [4.78, 5) is 15.0. The van der Waals surface area contributed by atoms with Gasteiger partial charge in [-0.15, -0.1) is 11.3 Å². The van der Waals surface area contributed by atoms with Gasteiger partial charge in [0.05, 0.1) is 11.9 Å². The number of rotatable bonds is 6. The molecule has 4 bridgehead atoms. The van der Waals surface area contributed by atoms with E-state index in [1.165, 1.54) is 48.3 Å². The molecule has 4 aliphatic carbocycles. The van der Waals surface area contributed by atoms with Crippen molar-refractivity contribution in [2.75, 3.05) is 20.1 Å². The van der Waals surface area contributed by atoms with Crippen molar-refractivity contribution < 1.29 is 9.69 Å². The van der Waals surface area contributed by atoms with E-state index < -0.39 is 0 Å². The fourth-order valence-corrected chi connectivity index (χ4v) is 6.72. The van der Waals surface area contributed by atoms with Crippen LogP contribution in [0.2, 0.25) is 0 Å². The van der Waals surface area contributed by atoms with Crippen molar-refractivity contribution >= 4 is 17.2 Å². The third kappa shape index (κ3) is 3.48. The second-order valence-corrected chi connectivity index (χ2v) is 9.62. The zero-order valence-electron chi connectivity index (χ0n) is 14.1. The fourth-order valence-electron chi connectivity index (χ4n) is 5.90. The fraction of sp³-hybridized carbons (Fsp3) is 0.737. The van der Waals surface area contributed by atoms with Crippen LogP contribution in [0, 0.1) is 23.2 Å². The Labute approximate surface area is 143 Å². The molecule has 0 aliphatic heterocycles. The smallest absolute Gasteiger partial charge is 0.275 e. The van der Waals surface area contributed by atoms with Crippen molar-refractivity contribution in [3.8, 4) is 0 Å². The minimum absolute atomic E-state index is 0.231. The predicted octanol–water partition coefficient (Wildman–Crippen LogP) is 2.10. The predicted molar refractivity (Wildman–Crippen MR) is 93.4 cm³/mol.